The average Bonchev–Trinajstić information content (AvgIpc) is 2.07. The molecule has 0 aromatic carbocycles. The van der Waals surface area contributed by atoms with Crippen molar-refractivity contribution in [1.82, 2.24) is 9.91 Å². The number of hydrogen-bond acceptors (Lipinski definition) is 3. The highest BCUT2D eigenvalue weighted by Gasteiger charge is 2.18. The van der Waals surface area contributed by atoms with Gasteiger partial charge in [0.05, 0.1) is 0 Å². The number of rotatable bonds is 1. The van der Waals surface area contributed by atoms with Crippen LogP contribution in [0.15, 0.2) is 5.10 Å². The number of amidine groups is 1. The predicted octanol–water partition coefficient (Wildman–Crippen LogP) is 0.552. The van der Waals surface area contributed by atoms with Crippen LogP contribution in [0.25, 0.3) is 0 Å². The first-order chi connectivity index (χ1) is 6.39. The molecule has 0 aromatic heterocycles. The van der Waals surface area contributed by atoms with Gasteiger partial charge in [0.2, 0.25) is 0 Å². The van der Waals surface area contributed by atoms with Crippen molar-refractivity contribution < 1.29 is 0 Å². The van der Waals surface area contributed by atoms with Crippen molar-refractivity contribution in [3.8, 4) is 0 Å². The molecule has 0 atom stereocenters. The van der Waals surface area contributed by atoms with Crippen molar-refractivity contribution in [3.63, 3.8) is 0 Å². The molecule has 82 valence electrons. The van der Waals surface area contributed by atoms with Crippen molar-refractivity contribution in [2.45, 2.75) is 20.8 Å². The Balaban J connectivity index is 2.51. The highest BCUT2D eigenvalue weighted by atomic mass is 15.5. The summed E-state index contributed by atoms with van der Waals surface area (Å²) in [4.78, 5) is 2.30. The molecule has 1 heterocycles. The van der Waals surface area contributed by atoms with Crippen molar-refractivity contribution in [3.05, 3.63) is 0 Å². The fourth-order valence-electron chi connectivity index (χ4n) is 1.20. The minimum absolute atomic E-state index is 0.0245. The van der Waals surface area contributed by atoms with Gasteiger partial charge in [-0.15, -0.1) is 0 Å². The third-order valence-corrected chi connectivity index (χ3v) is 2.50. The molecule has 0 aromatic rings. The third-order valence-electron chi connectivity index (χ3n) is 2.50. The molecule has 0 unspecified atom stereocenters. The van der Waals surface area contributed by atoms with Crippen LogP contribution in [0.3, 0.4) is 0 Å². The van der Waals surface area contributed by atoms with Gasteiger partial charge in [0.15, 0.2) is 0 Å². The molecule has 0 aliphatic carbocycles. The number of nitrogens with zero attached hydrogens (tertiary/aromatic N) is 3. The second kappa shape index (κ2) is 4.17. The zero-order valence-electron chi connectivity index (χ0n) is 9.75. The zero-order chi connectivity index (χ0) is 10.8. The smallest absolute Gasteiger partial charge is 0.125 e. The molecule has 0 radical (unpaired) electrons. The van der Waals surface area contributed by atoms with E-state index in [0.717, 1.165) is 32.0 Å². The van der Waals surface area contributed by atoms with E-state index >= 15 is 0 Å². The lowest BCUT2D eigenvalue weighted by atomic mass is 9.96. The Morgan fingerprint density at radius 1 is 1.14 bits per heavy atom. The first kappa shape index (κ1) is 11.3. The molecule has 14 heavy (non-hydrogen) atoms. The van der Waals surface area contributed by atoms with Crippen LogP contribution in [0.2, 0.25) is 0 Å². The quantitative estimate of drug-likeness (QED) is 0.494. The summed E-state index contributed by atoms with van der Waals surface area (Å²) in [6.07, 6.45) is 0. The minimum atomic E-state index is -0.0245. The van der Waals surface area contributed by atoms with E-state index in [4.69, 9.17) is 5.73 Å². The summed E-state index contributed by atoms with van der Waals surface area (Å²) in [6, 6.07) is 0. The molecular weight excluding hydrogens is 176 g/mol. The van der Waals surface area contributed by atoms with E-state index in [1.165, 1.54) is 0 Å². The molecule has 0 spiro atoms. The van der Waals surface area contributed by atoms with Crippen LogP contribution >= 0.6 is 0 Å². The summed E-state index contributed by atoms with van der Waals surface area (Å²) in [5.74, 6) is 0.724. The maximum atomic E-state index is 5.91. The largest absolute Gasteiger partial charge is 0.385 e. The van der Waals surface area contributed by atoms with E-state index in [1.807, 2.05) is 0 Å². The fraction of sp³-hybridized carbons (Fsp3) is 0.900. The Kier molecular flexibility index (Phi) is 3.37. The molecular formula is C10H22N4. The van der Waals surface area contributed by atoms with Gasteiger partial charge in [-0.3, -0.25) is 5.01 Å². The van der Waals surface area contributed by atoms with E-state index < -0.39 is 0 Å². The van der Waals surface area contributed by atoms with E-state index in [0.29, 0.717) is 0 Å². The van der Waals surface area contributed by atoms with Gasteiger partial charge < -0.3 is 10.6 Å². The molecule has 2 N–H and O–H groups in total. The lowest BCUT2D eigenvalue weighted by Crippen LogP contribution is -2.43. The van der Waals surface area contributed by atoms with E-state index in [9.17, 15) is 0 Å². The average molecular weight is 198 g/mol. The first-order valence-electron chi connectivity index (χ1n) is 5.17. The Hall–Kier alpha value is -0.770. The normalized spacial score (nSPS) is 21.4. The van der Waals surface area contributed by atoms with Crippen LogP contribution in [0.4, 0.5) is 0 Å². The van der Waals surface area contributed by atoms with E-state index in [1.54, 1.807) is 0 Å². The Bertz CT molecular complexity index is 209. The van der Waals surface area contributed by atoms with Crippen molar-refractivity contribution in [2.75, 3.05) is 33.2 Å². The standard InChI is InChI=1S/C10H22N4/c1-10(2,3)9(11)12-14-7-5-13(4)6-8-14/h5-8H2,1-4H3,(H2,11,12). The number of nitrogens with two attached hydrogens (primary N) is 1. The number of hydrogen-bond donors (Lipinski definition) is 1. The lowest BCUT2D eigenvalue weighted by Gasteiger charge is -2.31. The fourth-order valence-corrected chi connectivity index (χ4v) is 1.20. The SMILES string of the molecule is CN1CCN(/N=C(\N)C(C)(C)C)CC1. The van der Waals surface area contributed by atoms with Crippen molar-refractivity contribution in [1.29, 1.82) is 0 Å². The van der Waals surface area contributed by atoms with Gasteiger partial charge in [-0.05, 0) is 7.05 Å². The summed E-state index contributed by atoms with van der Waals surface area (Å²) >= 11 is 0. The highest BCUT2D eigenvalue weighted by molar-refractivity contribution is 5.85. The van der Waals surface area contributed by atoms with Gasteiger partial charge in [-0.1, -0.05) is 20.8 Å². The van der Waals surface area contributed by atoms with Crippen LogP contribution in [0, 0.1) is 5.41 Å². The van der Waals surface area contributed by atoms with Gasteiger partial charge >= 0.3 is 0 Å². The topological polar surface area (TPSA) is 44.9 Å². The van der Waals surface area contributed by atoms with Gasteiger partial charge in [0.25, 0.3) is 0 Å². The van der Waals surface area contributed by atoms with Crippen LogP contribution in [0.5, 0.6) is 0 Å². The predicted molar refractivity (Wildman–Crippen MR) is 60.1 cm³/mol. The van der Waals surface area contributed by atoms with Crippen molar-refractivity contribution in [2.24, 2.45) is 16.3 Å². The van der Waals surface area contributed by atoms with Crippen LogP contribution in [0.1, 0.15) is 20.8 Å². The van der Waals surface area contributed by atoms with E-state index in [2.05, 4.69) is 42.8 Å². The molecule has 1 saturated heterocycles. The van der Waals surface area contributed by atoms with Gasteiger partial charge in [-0.25, -0.2) is 0 Å². The molecule has 0 saturated carbocycles. The maximum Gasteiger partial charge on any atom is 0.125 e. The van der Waals surface area contributed by atoms with Crippen molar-refractivity contribution >= 4 is 5.84 Å². The molecule has 1 fully saturated rings. The molecule has 4 nitrogen and oxygen atoms in total. The second-order valence-electron chi connectivity index (χ2n) is 4.99. The highest BCUT2D eigenvalue weighted by Crippen LogP contribution is 2.13. The monoisotopic (exact) mass is 198 g/mol. The molecule has 1 rings (SSSR count). The van der Waals surface area contributed by atoms with Crippen LogP contribution in [-0.2, 0) is 0 Å². The number of hydrazone groups is 1. The van der Waals surface area contributed by atoms with Gasteiger partial charge in [0.1, 0.15) is 5.84 Å². The molecule has 1 aliphatic rings. The molecule has 0 bridgehead atoms. The summed E-state index contributed by atoms with van der Waals surface area (Å²) in [5.41, 5.74) is 5.89. The number of likely N-dealkylation sites (N-methyl/N-ethyl adjacent to an activating group) is 1. The zero-order valence-corrected chi connectivity index (χ0v) is 9.75. The Morgan fingerprint density at radius 3 is 2.07 bits per heavy atom. The number of piperazine rings is 1. The summed E-state index contributed by atoms with van der Waals surface area (Å²) in [6.45, 7) is 10.4. The molecule has 0 amide bonds. The third kappa shape index (κ3) is 3.18. The maximum absolute atomic E-state index is 5.91. The lowest BCUT2D eigenvalue weighted by molar-refractivity contribution is 0.157. The Labute approximate surface area is 86.7 Å². The second-order valence-corrected chi connectivity index (χ2v) is 4.99. The first-order valence-corrected chi connectivity index (χ1v) is 5.17. The van der Waals surface area contributed by atoms with Crippen LogP contribution in [-0.4, -0.2) is 49.0 Å². The minimum Gasteiger partial charge on any atom is -0.385 e. The summed E-state index contributed by atoms with van der Waals surface area (Å²) < 4.78 is 0. The van der Waals surface area contributed by atoms with E-state index in [-0.39, 0.29) is 5.41 Å². The summed E-state index contributed by atoms with van der Waals surface area (Å²) in [5, 5.41) is 6.51. The van der Waals surface area contributed by atoms with Crippen LogP contribution < -0.4 is 5.73 Å². The molecule has 4 heteroatoms. The van der Waals surface area contributed by atoms with Gasteiger partial charge in [-0.2, -0.15) is 5.10 Å². The van der Waals surface area contributed by atoms with Gasteiger partial charge in [0, 0.05) is 31.6 Å². The molecule has 1 aliphatic heterocycles. The Morgan fingerprint density at radius 2 is 1.64 bits per heavy atom. The summed E-state index contributed by atoms with van der Waals surface area (Å²) in [7, 11) is 2.13.